The van der Waals surface area contributed by atoms with Crippen molar-refractivity contribution in [1.29, 1.82) is 0 Å². The van der Waals surface area contributed by atoms with Crippen molar-refractivity contribution in [1.82, 2.24) is 10.2 Å². The van der Waals surface area contributed by atoms with Crippen molar-refractivity contribution in [2.45, 2.75) is 64.0 Å². The van der Waals surface area contributed by atoms with Crippen LogP contribution < -0.4 is 5.32 Å². The van der Waals surface area contributed by atoms with Gasteiger partial charge in [-0.05, 0) is 98.8 Å². The third-order valence-electron chi connectivity index (χ3n) is 8.18. The number of hydrogen-bond acceptors (Lipinski definition) is 2. The van der Waals surface area contributed by atoms with Crippen LogP contribution in [-0.4, -0.2) is 29.9 Å². The summed E-state index contributed by atoms with van der Waals surface area (Å²) in [6, 6.07) is 7.10. The van der Waals surface area contributed by atoms with Crippen LogP contribution >= 0.6 is 0 Å². The number of nitrogens with one attached hydrogen (secondary N) is 1. The van der Waals surface area contributed by atoms with Crippen LogP contribution in [0.2, 0.25) is 0 Å². The van der Waals surface area contributed by atoms with E-state index in [4.69, 9.17) is 0 Å². The molecule has 0 aromatic heterocycles. The molecule has 0 spiro atoms. The van der Waals surface area contributed by atoms with Gasteiger partial charge in [0.15, 0.2) is 0 Å². The largest absolute Gasteiger partial charge is 0.339 e. The topological polar surface area (TPSA) is 32.3 Å². The van der Waals surface area contributed by atoms with Crippen LogP contribution in [0.1, 0.15) is 56.9 Å². The van der Waals surface area contributed by atoms with Crippen LogP contribution in [-0.2, 0) is 11.3 Å². The van der Waals surface area contributed by atoms with E-state index in [1.807, 2.05) is 12.1 Å². The van der Waals surface area contributed by atoms with Crippen LogP contribution in [0.5, 0.6) is 0 Å². The molecule has 4 heteroatoms. The Bertz CT molecular complexity index is 675. The van der Waals surface area contributed by atoms with Crippen molar-refractivity contribution in [3.8, 4) is 0 Å². The highest BCUT2D eigenvalue weighted by atomic mass is 19.1. The maximum atomic E-state index is 13.0. The molecule has 1 aliphatic heterocycles. The van der Waals surface area contributed by atoms with Crippen LogP contribution in [0.25, 0.3) is 0 Å². The highest BCUT2D eigenvalue weighted by Gasteiger charge is 2.49. The average Bonchev–Trinajstić information content (AvgIpc) is 3.02. The normalized spacial score (nSPS) is 36.5. The molecular formula is C24H33FN2O. The van der Waals surface area contributed by atoms with Gasteiger partial charge in [0.1, 0.15) is 5.82 Å². The minimum atomic E-state index is -0.186. The zero-order valence-electron chi connectivity index (χ0n) is 16.8. The molecule has 152 valence electrons. The molecule has 1 atom stereocenters. The monoisotopic (exact) mass is 384 g/mol. The van der Waals surface area contributed by atoms with Gasteiger partial charge in [0.05, 0.1) is 0 Å². The SMILES string of the molecule is O=C1CC[C@@H](CCNCc2ccc(F)cc2)N1CC1C2CC3CC(C2)CC1C3. The minimum absolute atomic E-state index is 0.186. The highest BCUT2D eigenvalue weighted by molar-refractivity contribution is 5.78. The summed E-state index contributed by atoms with van der Waals surface area (Å²) in [5, 5.41) is 3.48. The standard InChI is InChI=1S/C24H33FN2O/c25-21-3-1-16(2-4-21)14-26-8-7-22-5-6-24(28)27(22)15-23-19-10-17-9-18(12-19)13-20(23)11-17/h1-4,17-20,22-23,26H,5-15H2/t17?,18?,19?,20?,22-,23?/m0/s1. The number of carbonyl (C=O) groups excluding carboxylic acids is 1. The van der Waals surface area contributed by atoms with Crippen molar-refractivity contribution in [3.63, 3.8) is 0 Å². The molecule has 1 saturated heterocycles. The second kappa shape index (κ2) is 7.78. The van der Waals surface area contributed by atoms with Crippen molar-refractivity contribution < 1.29 is 9.18 Å². The van der Waals surface area contributed by atoms with Gasteiger partial charge in [-0.1, -0.05) is 12.1 Å². The fraction of sp³-hybridized carbons (Fsp3) is 0.708. The Morgan fingerprint density at radius 2 is 1.68 bits per heavy atom. The summed E-state index contributed by atoms with van der Waals surface area (Å²) in [6.45, 7) is 2.69. The Morgan fingerprint density at radius 3 is 2.36 bits per heavy atom. The quantitative estimate of drug-likeness (QED) is 0.708. The Balaban J connectivity index is 1.13. The first-order valence-corrected chi connectivity index (χ1v) is 11.4. The van der Waals surface area contributed by atoms with E-state index in [1.165, 1.54) is 44.2 Å². The minimum Gasteiger partial charge on any atom is -0.339 e. The Morgan fingerprint density at radius 1 is 1.00 bits per heavy atom. The number of halogens is 1. The lowest BCUT2D eigenvalue weighted by Crippen LogP contribution is -2.50. The molecule has 4 aliphatic carbocycles. The van der Waals surface area contributed by atoms with E-state index in [0.29, 0.717) is 11.9 Å². The van der Waals surface area contributed by atoms with Gasteiger partial charge in [0.25, 0.3) is 0 Å². The molecule has 0 unspecified atom stereocenters. The second-order valence-electron chi connectivity index (χ2n) is 9.93. The van der Waals surface area contributed by atoms with E-state index in [0.717, 1.165) is 74.0 Å². The van der Waals surface area contributed by atoms with Gasteiger partial charge in [-0.3, -0.25) is 4.79 Å². The van der Waals surface area contributed by atoms with Crippen molar-refractivity contribution >= 4 is 5.91 Å². The van der Waals surface area contributed by atoms with E-state index in [-0.39, 0.29) is 5.82 Å². The fourth-order valence-corrected chi connectivity index (χ4v) is 7.01. The third-order valence-corrected chi connectivity index (χ3v) is 8.18. The number of benzene rings is 1. The maximum absolute atomic E-state index is 13.0. The summed E-state index contributed by atoms with van der Waals surface area (Å²) in [5.41, 5.74) is 1.11. The molecule has 1 aromatic carbocycles. The summed E-state index contributed by atoms with van der Waals surface area (Å²) in [7, 11) is 0. The van der Waals surface area contributed by atoms with Crippen LogP contribution in [0.3, 0.4) is 0 Å². The molecule has 4 bridgehead atoms. The lowest BCUT2D eigenvalue weighted by molar-refractivity contribution is -0.132. The summed E-state index contributed by atoms with van der Waals surface area (Å²) in [6.07, 6.45) is 10.0. The number of hydrogen-bond donors (Lipinski definition) is 1. The van der Waals surface area contributed by atoms with Gasteiger partial charge in [-0.2, -0.15) is 0 Å². The first kappa shape index (κ1) is 18.6. The van der Waals surface area contributed by atoms with Gasteiger partial charge in [-0.15, -0.1) is 0 Å². The molecule has 1 aromatic rings. The molecule has 3 nitrogen and oxygen atoms in total. The van der Waals surface area contributed by atoms with Crippen LogP contribution in [0.4, 0.5) is 4.39 Å². The molecule has 1 amide bonds. The molecular weight excluding hydrogens is 351 g/mol. The van der Waals surface area contributed by atoms with Gasteiger partial charge in [0, 0.05) is 25.6 Å². The summed E-state index contributed by atoms with van der Waals surface area (Å²) < 4.78 is 13.0. The molecule has 1 N–H and O–H groups in total. The predicted octanol–water partition coefficient (Wildman–Crippen LogP) is 4.37. The predicted molar refractivity (Wildman–Crippen MR) is 108 cm³/mol. The molecule has 1 heterocycles. The lowest BCUT2D eigenvalue weighted by atomic mass is 9.52. The third kappa shape index (κ3) is 3.72. The highest BCUT2D eigenvalue weighted by Crippen LogP contribution is 2.56. The number of amides is 1. The van der Waals surface area contributed by atoms with E-state index in [2.05, 4.69) is 10.2 Å². The Kier molecular flexibility index (Phi) is 5.17. The first-order chi connectivity index (χ1) is 13.7. The molecule has 0 radical (unpaired) electrons. The zero-order chi connectivity index (χ0) is 19.1. The molecule has 5 fully saturated rings. The van der Waals surface area contributed by atoms with E-state index >= 15 is 0 Å². The average molecular weight is 385 g/mol. The molecule has 28 heavy (non-hydrogen) atoms. The van der Waals surface area contributed by atoms with E-state index in [9.17, 15) is 9.18 Å². The smallest absolute Gasteiger partial charge is 0.222 e. The van der Waals surface area contributed by atoms with Gasteiger partial charge >= 0.3 is 0 Å². The Hall–Kier alpha value is -1.42. The maximum Gasteiger partial charge on any atom is 0.222 e. The lowest BCUT2D eigenvalue weighted by Gasteiger charge is -2.55. The number of likely N-dealkylation sites (tertiary alicyclic amines) is 1. The number of rotatable bonds is 7. The van der Waals surface area contributed by atoms with E-state index < -0.39 is 0 Å². The second-order valence-corrected chi connectivity index (χ2v) is 9.93. The van der Waals surface area contributed by atoms with Crippen molar-refractivity contribution in [2.75, 3.05) is 13.1 Å². The summed E-state index contributed by atoms with van der Waals surface area (Å²) in [4.78, 5) is 14.9. The molecule has 6 rings (SSSR count). The van der Waals surface area contributed by atoms with Gasteiger partial charge < -0.3 is 10.2 Å². The van der Waals surface area contributed by atoms with Crippen molar-refractivity contribution in [2.24, 2.45) is 29.6 Å². The summed E-state index contributed by atoms with van der Waals surface area (Å²) >= 11 is 0. The van der Waals surface area contributed by atoms with Crippen LogP contribution in [0.15, 0.2) is 24.3 Å². The first-order valence-electron chi connectivity index (χ1n) is 11.4. The zero-order valence-corrected chi connectivity index (χ0v) is 16.8. The molecule has 5 aliphatic rings. The summed E-state index contributed by atoms with van der Waals surface area (Å²) in [5.74, 6) is 4.75. The van der Waals surface area contributed by atoms with Gasteiger partial charge in [0.2, 0.25) is 5.91 Å². The van der Waals surface area contributed by atoms with Crippen LogP contribution in [0, 0.1) is 35.4 Å². The van der Waals surface area contributed by atoms with Crippen molar-refractivity contribution in [3.05, 3.63) is 35.6 Å². The number of nitrogens with zero attached hydrogens (tertiary/aromatic N) is 1. The number of carbonyl (C=O) groups is 1. The Labute approximate surface area is 168 Å². The van der Waals surface area contributed by atoms with Gasteiger partial charge in [-0.25, -0.2) is 4.39 Å². The molecule has 4 saturated carbocycles. The van der Waals surface area contributed by atoms with E-state index in [1.54, 1.807) is 0 Å². The fourth-order valence-electron chi connectivity index (χ4n) is 7.01.